The lowest BCUT2D eigenvalue weighted by atomic mass is 10.00. The molecule has 1 aliphatic heterocycles. The van der Waals surface area contributed by atoms with Gasteiger partial charge in [0.05, 0.1) is 18.2 Å². The molecule has 0 amide bonds. The Morgan fingerprint density at radius 3 is 2.65 bits per heavy atom. The van der Waals surface area contributed by atoms with Gasteiger partial charge in [-0.15, -0.1) is 0 Å². The minimum Gasteiger partial charge on any atom is -0.374 e. The van der Waals surface area contributed by atoms with Gasteiger partial charge in [-0.25, -0.2) is 4.39 Å². The molecule has 3 unspecified atom stereocenters. The zero-order chi connectivity index (χ0) is 12.3. The summed E-state index contributed by atoms with van der Waals surface area (Å²) in [5.74, 6) is 5.36. The van der Waals surface area contributed by atoms with Crippen molar-refractivity contribution >= 4 is 0 Å². The van der Waals surface area contributed by atoms with Gasteiger partial charge in [-0.1, -0.05) is 12.1 Å². The standard InChI is InChI=1S/C13H19FN2O/c1-9-2-7-13(17-9)12(16-15)8-10-3-5-11(14)6-4-10/h3-6,9,12-13,16H,2,7-8,15H2,1H3. The summed E-state index contributed by atoms with van der Waals surface area (Å²) in [6.07, 6.45) is 3.32. The van der Waals surface area contributed by atoms with Gasteiger partial charge in [-0.05, 0) is 43.9 Å². The normalized spacial score (nSPS) is 26.1. The molecule has 3 N–H and O–H groups in total. The first-order chi connectivity index (χ1) is 8.19. The van der Waals surface area contributed by atoms with Crippen molar-refractivity contribution in [2.45, 2.75) is 44.4 Å². The Hall–Kier alpha value is -0.970. The average molecular weight is 238 g/mol. The van der Waals surface area contributed by atoms with Crippen LogP contribution < -0.4 is 11.3 Å². The highest BCUT2D eigenvalue weighted by molar-refractivity contribution is 5.17. The first-order valence-corrected chi connectivity index (χ1v) is 6.05. The van der Waals surface area contributed by atoms with Crippen molar-refractivity contribution < 1.29 is 9.13 Å². The summed E-state index contributed by atoms with van der Waals surface area (Å²) in [7, 11) is 0. The van der Waals surface area contributed by atoms with E-state index in [1.54, 1.807) is 12.1 Å². The van der Waals surface area contributed by atoms with Gasteiger partial charge in [-0.3, -0.25) is 11.3 Å². The lowest BCUT2D eigenvalue weighted by Gasteiger charge is -2.22. The Morgan fingerprint density at radius 2 is 2.12 bits per heavy atom. The van der Waals surface area contributed by atoms with E-state index in [0.29, 0.717) is 6.10 Å². The Labute approximate surface area is 101 Å². The van der Waals surface area contributed by atoms with Crippen molar-refractivity contribution in [2.24, 2.45) is 5.84 Å². The zero-order valence-electron chi connectivity index (χ0n) is 10.0. The van der Waals surface area contributed by atoms with E-state index in [2.05, 4.69) is 12.3 Å². The Kier molecular flexibility index (Phi) is 4.10. The summed E-state index contributed by atoms with van der Waals surface area (Å²) in [5, 5.41) is 0. The monoisotopic (exact) mass is 238 g/mol. The molecule has 0 aliphatic carbocycles. The summed E-state index contributed by atoms with van der Waals surface area (Å²) in [5.41, 5.74) is 3.88. The highest BCUT2D eigenvalue weighted by Gasteiger charge is 2.28. The molecule has 1 aliphatic rings. The molecule has 0 radical (unpaired) electrons. The Balaban J connectivity index is 1.97. The van der Waals surface area contributed by atoms with E-state index in [4.69, 9.17) is 10.6 Å². The molecule has 4 heteroatoms. The van der Waals surface area contributed by atoms with Gasteiger partial charge in [-0.2, -0.15) is 0 Å². The molecule has 0 saturated carbocycles. The molecular weight excluding hydrogens is 219 g/mol. The van der Waals surface area contributed by atoms with Crippen LogP contribution in [0.25, 0.3) is 0 Å². The quantitative estimate of drug-likeness (QED) is 0.621. The molecule has 2 rings (SSSR count). The number of ether oxygens (including phenoxy) is 1. The number of nitrogens with one attached hydrogen (secondary N) is 1. The predicted molar refractivity (Wildman–Crippen MR) is 64.8 cm³/mol. The van der Waals surface area contributed by atoms with Gasteiger partial charge in [0.15, 0.2) is 0 Å². The molecule has 17 heavy (non-hydrogen) atoms. The van der Waals surface area contributed by atoms with E-state index in [0.717, 1.165) is 24.8 Å². The van der Waals surface area contributed by atoms with Gasteiger partial charge in [0.2, 0.25) is 0 Å². The maximum atomic E-state index is 12.8. The van der Waals surface area contributed by atoms with Crippen LogP contribution in [-0.2, 0) is 11.2 Å². The fourth-order valence-corrected chi connectivity index (χ4v) is 2.30. The van der Waals surface area contributed by atoms with Crippen molar-refractivity contribution in [3.05, 3.63) is 35.6 Å². The van der Waals surface area contributed by atoms with Crippen LogP contribution in [0.15, 0.2) is 24.3 Å². The van der Waals surface area contributed by atoms with Gasteiger partial charge in [0.25, 0.3) is 0 Å². The molecule has 1 aromatic rings. The number of halogens is 1. The van der Waals surface area contributed by atoms with Crippen LogP contribution in [-0.4, -0.2) is 18.2 Å². The average Bonchev–Trinajstić information content (AvgIpc) is 2.75. The molecule has 1 saturated heterocycles. The van der Waals surface area contributed by atoms with Crippen LogP contribution in [0.3, 0.4) is 0 Å². The Morgan fingerprint density at radius 1 is 1.41 bits per heavy atom. The number of nitrogens with two attached hydrogens (primary N) is 1. The van der Waals surface area contributed by atoms with E-state index >= 15 is 0 Å². The maximum Gasteiger partial charge on any atom is 0.123 e. The van der Waals surface area contributed by atoms with Gasteiger partial charge in [0, 0.05) is 0 Å². The molecule has 1 fully saturated rings. The lowest BCUT2D eigenvalue weighted by molar-refractivity contribution is 0.0320. The van der Waals surface area contributed by atoms with Crippen LogP contribution >= 0.6 is 0 Å². The van der Waals surface area contributed by atoms with E-state index in [-0.39, 0.29) is 18.0 Å². The zero-order valence-corrected chi connectivity index (χ0v) is 10.0. The lowest BCUT2D eigenvalue weighted by Crippen LogP contribution is -2.45. The molecule has 3 atom stereocenters. The van der Waals surface area contributed by atoms with E-state index < -0.39 is 0 Å². The first kappa shape index (κ1) is 12.5. The van der Waals surface area contributed by atoms with Gasteiger partial charge < -0.3 is 4.74 Å². The number of benzene rings is 1. The molecule has 0 aromatic heterocycles. The van der Waals surface area contributed by atoms with E-state index in [1.807, 2.05) is 0 Å². The first-order valence-electron chi connectivity index (χ1n) is 6.05. The molecule has 1 aromatic carbocycles. The fraction of sp³-hybridized carbons (Fsp3) is 0.538. The third-order valence-electron chi connectivity index (χ3n) is 3.30. The molecule has 94 valence electrons. The summed E-state index contributed by atoms with van der Waals surface area (Å²) < 4.78 is 18.6. The third-order valence-corrected chi connectivity index (χ3v) is 3.30. The van der Waals surface area contributed by atoms with Gasteiger partial charge >= 0.3 is 0 Å². The van der Waals surface area contributed by atoms with Crippen molar-refractivity contribution in [3.63, 3.8) is 0 Å². The summed E-state index contributed by atoms with van der Waals surface area (Å²) in [4.78, 5) is 0. The minimum atomic E-state index is -0.211. The summed E-state index contributed by atoms with van der Waals surface area (Å²) in [6, 6.07) is 6.61. The minimum absolute atomic E-state index is 0.0883. The van der Waals surface area contributed by atoms with Crippen molar-refractivity contribution in [2.75, 3.05) is 0 Å². The number of hydrazine groups is 1. The predicted octanol–water partition coefficient (Wildman–Crippen LogP) is 1.77. The molecule has 0 bridgehead atoms. The largest absolute Gasteiger partial charge is 0.374 e. The van der Waals surface area contributed by atoms with Crippen molar-refractivity contribution in [1.29, 1.82) is 0 Å². The Bertz CT molecular complexity index is 355. The maximum absolute atomic E-state index is 12.8. The van der Waals surface area contributed by atoms with E-state index in [1.165, 1.54) is 12.1 Å². The highest BCUT2D eigenvalue weighted by atomic mass is 19.1. The van der Waals surface area contributed by atoms with Crippen LogP contribution in [0.4, 0.5) is 4.39 Å². The third kappa shape index (κ3) is 3.25. The van der Waals surface area contributed by atoms with Crippen LogP contribution in [0.1, 0.15) is 25.3 Å². The second-order valence-corrected chi connectivity index (χ2v) is 4.67. The van der Waals surface area contributed by atoms with Crippen LogP contribution in [0.2, 0.25) is 0 Å². The summed E-state index contributed by atoms with van der Waals surface area (Å²) in [6.45, 7) is 2.07. The topological polar surface area (TPSA) is 47.3 Å². The van der Waals surface area contributed by atoms with Crippen LogP contribution in [0, 0.1) is 5.82 Å². The van der Waals surface area contributed by atoms with Gasteiger partial charge in [0.1, 0.15) is 5.82 Å². The number of hydrogen-bond acceptors (Lipinski definition) is 3. The van der Waals surface area contributed by atoms with Crippen molar-refractivity contribution in [3.8, 4) is 0 Å². The van der Waals surface area contributed by atoms with Crippen LogP contribution in [0.5, 0.6) is 0 Å². The molecule has 1 heterocycles. The van der Waals surface area contributed by atoms with E-state index in [9.17, 15) is 4.39 Å². The molecule has 0 spiro atoms. The SMILES string of the molecule is CC1CCC(C(Cc2ccc(F)cc2)NN)O1. The highest BCUT2D eigenvalue weighted by Crippen LogP contribution is 2.23. The smallest absolute Gasteiger partial charge is 0.123 e. The molecular formula is C13H19FN2O. The molecule has 3 nitrogen and oxygen atoms in total. The fourth-order valence-electron chi connectivity index (χ4n) is 2.30. The second kappa shape index (κ2) is 5.58. The number of rotatable bonds is 4. The summed E-state index contributed by atoms with van der Waals surface area (Å²) >= 11 is 0. The van der Waals surface area contributed by atoms with Crippen molar-refractivity contribution in [1.82, 2.24) is 5.43 Å². The second-order valence-electron chi connectivity index (χ2n) is 4.67. The number of hydrogen-bond donors (Lipinski definition) is 2.